The Balaban J connectivity index is 1.79. The molecule has 2 amide bonds. The predicted molar refractivity (Wildman–Crippen MR) is 66.8 cm³/mol. The summed E-state index contributed by atoms with van der Waals surface area (Å²) in [7, 11) is 0. The summed E-state index contributed by atoms with van der Waals surface area (Å²) in [4.78, 5) is 13.9. The van der Waals surface area contributed by atoms with Crippen molar-refractivity contribution in [2.24, 2.45) is 5.92 Å². The van der Waals surface area contributed by atoms with Gasteiger partial charge in [-0.05, 0) is 31.6 Å². The van der Waals surface area contributed by atoms with Crippen LogP contribution in [0.3, 0.4) is 0 Å². The maximum absolute atomic E-state index is 12.0. The van der Waals surface area contributed by atoms with Gasteiger partial charge in [0.2, 0.25) is 0 Å². The minimum absolute atomic E-state index is 0.0165. The topological polar surface area (TPSA) is 52.6 Å². The Labute approximate surface area is 103 Å². The van der Waals surface area contributed by atoms with Gasteiger partial charge in [0.25, 0.3) is 0 Å². The highest BCUT2D eigenvalue weighted by atomic mass is 16.3. The first-order chi connectivity index (χ1) is 8.16. The Hall–Kier alpha value is -0.770. The summed E-state index contributed by atoms with van der Waals surface area (Å²) < 4.78 is 0. The SMILES string of the molecule is CC1CCN(C(=O)N[C@H]2CCCC[C@@H]2O)CC1. The van der Waals surface area contributed by atoms with Crippen LogP contribution in [0, 0.1) is 5.92 Å². The van der Waals surface area contributed by atoms with Gasteiger partial charge in [-0.1, -0.05) is 19.8 Å². The number of aliphatic hydroxyl groups is 1. The highest BCUT2D eigenvalue weighted by Crippen LogP contribution is 2.20. The van der Waals surface area contributed by atoms with Crippen molar-refractivity contribution in [3.05, 3.63) is 0 Å². The van der Waals surface area contributed by atoms with Gasteiger partial charge in [0, 0.05) is 13.1 Å². The summed E-state index contributed by atoms with van der Waals surface area (Å²) >= 11 is 0. The van der Waals surface area contributed by atoms with E-state index in [0.29, 0.717) is 0 Å². The lowest BCUT2D eigenvalue weighted by atomic mass is 9.92. The lowest BCUT2D eigenvalue weighted by Crippen LogP contribution is -2.51. The van der Waals surface area contributed by atoms with E-state index in [9.17, 15) is 9.90 Å². The third kappa shape index (κ3) is 3.35. The zero-order valence-corrected chi connectivity index (χ0v) is 10.7. The van der Waals surface area contributed by atoms with E-state index in [1.807, 2.05) is 4.90 Å². The monoisotopic (exact) mass is 240 g/mol. The van der Waals surface area contributed by atoms with Gasteiger partial charge in [0.15, 0.2) is 0 Å². The van der Waals surface area contributed by atoms with E-state index in [1.54, 1.807) is 0 Å². The molecule has 0 unspecified atom stereocenters. The molecular formula is C13H24N2O2. The fourth-order valence-corrected chi connectivity index (χ4v) is 2.74. The number of amides is 2. The molecule has 2 N–H and O–H groups in total. The predicted octanol–water partition coefficient (Wildman–Crippen LogP) is 1.73. The van der Waals surface area contributed by atoms with Crippen LogP contribution in [0.1, 0.15) is 45.4 Å². The van der Waals surface area contributed by atoms with Gasteiger partial charge in [0.1, 0.15) is 0 Å². The molecule has 0 radical (unpaired) electrons. The molecule has 2 fully saturated rings. The Kier molecular flexibility index (Phi) is 4.26. The van der Waals surface area contributed by atoms with Gasteiger partial charge in [-0.2, -0.15) is 0 Å². The van der Waals surface area contributed by atoms with Gasteiger partial charge in [-0.3, -0.25) is 0 Å². The molecule has 1 saturated carbocycles. The number of piperidine rings is 1. The fourth-order valence-electron chi connectivity index (χ4n) is 2.74. The zero-order valence-electron chi connectivity index (χ0n) is 10.7. The van der Waals surface area contributed by atoms with Crippen LogP contribution in [0.2, 0.25) is 0 Å². The van der Waals surface area contributed by atoms with E-state index in [4.69, 9.17) is 0 Å². The number of hydrogen-bond acceptors (Lipinski definition) is 2. The Morgan fingerprint density at radius 2 is 1.82 bits per heavy atom. The van der Waals surface area contributed by atoms with Gasteiger partial charge in [-0.15, -0.1) is 0 Å². The van der Waals surface area contributed by atoms with Crippen molar-refractivity contribution in [2.75, 3.05) is 13.1 Å². The van der Waals surface area contributed by atoms with Crippen molar-refractivity contribution in [2.45, 2.75) is 57.6 Å². The van der Waals surface area contributed by atoms with Gasteiger partial charge >= 0.3 is 6.03 Å². The Morgan fingerprint density at radius 1 is 1.18 bits per heavy atom. The molecule has 0 bridgehead atoms. The average molecular weight is 240 g/mol. The van der Waals surface area contributed by atoms with Crippen LogP contribution in [0.25, 0.3) is 0 Å². The second kappa shape index (κ2) is 5.71. The minimum Gasteiger partial charge on any atom is -0.391 e. The van der Waals surface area contributed by atoms with E-state index >= 15 is 0 Å². The number of hydrogen-bond donors (Lipinski definition) is 2. The van der Waals surface area contributed by atoms with Crippen molar-refractivity contribution in [1.82, 2.24) is 10.2 Å². The Bertz CT molecular complexity index is 262. The van der Waals surface area contributed by atoms with E-state index in [1.165, 1.54) is 0 Å². The number of urea groups is 1. The summed E-state index contributed by atoms with van der Waals surface area (Å²) in [6.07, 6.45) is 5.77. The molecule has 2 rings (SSSR count). The molecule has 4 nitrogen and oxygen atoms in total. The first-order valence-electron chi connectivity index (χ1n) is 6.90. The number of aliphatic hydroxyl groups excluding tert-OH is 1. The van der Waals surface area contributed by atoms with Gasteiger partial charge in [-0.25, -0.2) is 4.79 Å². The van der Waals surface area contributed by atoms with E-state index in [0.717, 1.165) is 57.5 Å². The third-order valence-corrected chi connectivity index (χ3v) is 4.11. The molecule has 2 atom stereocenters. The molecule has 98 valence electrons. The summed E-state index contributed by atoms with van der Waals surface area (Å²) in [6.45, 7) is 3.95. The molecule has 0 aromatic rings. The number of rotatable bonds is 1. The summed E-state index contributed by atoms with van der Waals surface area (Å²) in [5.41, 5.74) is 0. The Morgan fingerprint density at radius 3 is 2.47 bits per heavy atom. The first-order valence-corrected chi connectivity index (χ1v) is 6.90. The third-order valence-electron chi connectivity index (χ3n) is 4.11. The summed E-state index contributed by atoms with van der Waals surface area (Å²) in [6, 6.07) is -0.0153. The van der Waals surface area contributed by atoms with E-state index in [-0.39, 0.29) is 18.2 Å². The molecule has 0 spiro atoms. The number of likely N-dealkylation sites (tertiary alicyclic amines) is 1. The number of nitrogens with zero attached hydrogens (tertiary/aromatic N) is 1. The molecule has 0 aromatic heterocycles. The standard InChI is InChI=1S/C13H24N2O2/c1-10-6-8-15(9-7-10)13(17)14-11-4-2-3-5-12(11)16/h10-12,16H,2-9H2,1H3,(H,14,17)/t11-,12-/m0/s1. The molecule has 0 aromatic carbocycles. The molecule has 1 aliphatic heterocycles. The average Bonchev–Trinajstić information content (AvgIpc) is 2.33. The minimum atomic E-state index is -0.351. The molecule has 1 heterocycles. The highest BCUT2D eigenvalue weighted by molar-refractivity contribution is 5.74. The summed E-state index contributed by atoms with van der Waals surface area (Å²) in [5.74, 6) is 0.735. The van der Waals surface area contributed by atoms with Crippen LogP contribution in [-0.4, -0.2) is 41.3 Å². The van der Waals surface area contributed by atoms with E-state index < -0.39 is 0 Å². The van der Waals surface area contributed by atoms with Crippen molar-refractivity contribution < 1.29 is 9.90 Å². The largest absolute Gasteiger partial charge is 0.391 e. The van der Waals surface area contributed by atoms with Crippen LogP contribution in [0.15, 0.2) is 0 Å². The molecule has 2 aliphatic rings. The molecule has 1 aliphatic carbocycles. The van der Waals surface area contributed by atoms with Crippen molar-refractivity contribution in [3.8, 4) is 0 Å². The fraction of sp³-hybridized carbons (Fsp3) is 0.923. The quantitative estimate of drug-likeness (QED) is 0.733. The highest BCUT2D eigenvalue weighted by Gasteiger charge is 2.27. The van der Waals surface area contributed by atoms with Gasteiger partial charge in [0.05, 0.1) is 12.1 Å². The van der Waals surface area contributed by atoms with Crippen LogP contribution >= 0.6 is 0 Å². The van der Waals surface area contributed by atoms with Crippen LogP contribution in [-0.2, 0) is 0 Å². The maximum Gasteiger partial charge on any atom is 0.317 e. The maximum atomic E-state index is 12.0. The zero-order chi connectivity index (χ0) is 12.3. The van der Waals surface area contributed by atoms with Gasteiger partial charge < -0.3 is 15.3 Å². The van der Waals surface area contributed by atoms with Crippen molar-refractivity contribution >= 4 is 6.03 Å². The molecule has 4 heteroatoms. The second-order valence-corrected chi connectivity index (χ2v) is 5.58. The summed E-state index contributed by atoms with van der Waals surface area (Å²) in [5, 5.41) is 12.8. The smallest absolute Gasteiger partial charge is 0.317 e. The second-order valence-electron chi connectivity index (χ2n) is 5.58. The van der Waals surface area contributed by atoms with E-state index in [2.05, 4.69) is 12.2 Å². The van der Waals surface area contributed by atoms with Crippen molar-refractivity contribution in [3.63, 3.8) is 0 Å². The normalized spacial score (nSPS) is 31.3. The molecular weight excluding hydrogens is 216 g/mol. The van der Waals surface area contributed by atoms with Crippen LogP contribution in [0.5, 0.6) is 0 Å². The molecule has 17 heavy (non-hydrogen) atoms. The van der Waals surface area contributed by atoms with Crippen LogP contribution in [0.4, 0.5) is 4.79 Å². The first kappa shape index (κ1) is 12.7. The number of carbonyl (C=O) groups is 1. The van der Waals surface area contributed by atoms with Crippen LogP contribution < -0.4 is 5.32 Å². The number of nitrogens with one attached hydrogen (secondary N) is 1. The molecule has 1 saturated heterocycles. The van der Waals surface area contributed by atoms with Crippen molar-refractivity contribution in [1.29, 1.82) is 0 Å². The number of carbonyl (C=O) groups excluding carboxylic acids is 1. The lowest BCUT2D eigenvalue weighted by molar-refractivity contribution is 0.0878. The lowest BCUT2D eigenvalue weighted by Gasteiger charge is -2.34.